The average molecular weight is 384 g/mol. The van der Waals surface area contributed by atoms with E-state index in [0.717, 1.165) is 5.56 Å². The topological polar surface area (TPSA) is 93.1 Å². The van der Waals surface area contributed by atoms with Crippen LogP contribution >= 0.6 is 0 Å². The molecule has 0 bridgehead atoms. The quantitative estimate of drug-likeness (QED) is 0.682. The van der Waals surface area contributed by atoms with Crippen molar-refractivity contribution < 1.29 is 13.2 Å². The van der Waals surface area contributed by atoms with Gasteiger partial charge >= 0.3 is 0 Å². The van der Waals surface area contributed by atoms with Crippen LogP contribution in [0.5, 0.6) is 0 Å². The summed E-state index contributed by atoms with van der Waals surface area (Å²) in [5.41, 5.74) is 1.83. The predicted octanol–water partition coefficient (Wildman–Crippen LogP) is 3.19. The van der Waals surface area contributed by atoms with E-state index in [2.05, 4.69) is 15.1 Å². The lowest BCUT2D eigenvalue weighted by Gasteiger charge is -2.14. The molecule has 0 spiro atoms. The normalized spacial score (nSPS) is 12.4. The van der Waals surface area contributed by atoms with Gasteiger partial charge in [-0.1, -0.05) is 23.8 Å². The van der Waals surface area contributed by atoms with Gasteiger partial charge < -0.3 is 5.32 Å². The SMILES string of the molecule is Cc1ccc(S(=O)(=O)Nc2cccc(NC(=O)[C@H](C)n3cccn3)c2)cc1. The Balaban J connectivity index is 1.73. The minimum Gasteiger partial charge on any atom is -0.324 e. The Morgan fingerprint density at radius 1 is 1.07 bits per heavy atom. The molecule has 0 radical (unpaired) electrons. The molecular formula is C19H20N4O3S. The van der Waals surface area contributed by atoms with Gasteiger partial charge in [0.1, 0.15) is 6.04 Å². The second-order valence-corrected chi connectivity index (χ2v) is 7.83. The Kier molecular flexibility index (Phi) is 5.27. The molecule has 140 valence electrons. The van der Waals surface area contributed by atoms with Crippen LogP contribution in [0.2, 0.25) is 0 Å². The summed E-state index contributed by atoms with van der Waals surface area (Å²) in [6.07, 6.45) is 3.31. The third-order valence-corrected chi connectivity index (χ3v) is 5.41. The number of aromatic nitrogens is 2. The van der Waals surface area contributed by atoms with Crippen molar-refractivity contribution in [3.8, 4) is 0 Å². The molecule has 0 fully saturated rings. The van der Waals surface area contributed by atoms with Gasteiger partial charge in [0.05, 0.1) is 10.6 Å². The molecule has 8 heteroatoms. The van der Waals surface area contributed by atoms with E-state index in [4.69, 9.17) is 0 Å². The summed E-state index contributed by atoms with van der Waals surface area (Å²) < 4.78 is 29.1. The van der Waals surface area contributed by atoms with Crippen LogP contribution in [-0.4, -0.2) is 24.1 Å². The maximum Gasteiger partial charge on any atom is 0.261 e. The van der Waals surface area contributed by atoms with Gasteiger partial charge in [-0.3, -0.25) is 14.2 Å². The van der Waals surface area contributed by atoms with E-state index < -0.39 is 16.1 Å². The number of carbonyl (C=O) groups is 1. The zero-order valence-corrected chi connectivity index (χ0v) is 15.8. The number of hydrogen-bond acceptors (Lipinski definition) is 4. The van der Waals surface area contributed by atoms with Crippen LogP contribution in [0.4, 0.5) is 11.4 Å². The van der Waals surface area contributed by atoms with Crippen LogP contribution in [0, 0.1) is 6.92 Å². The third kappa shape index (κ3) is 4.53. The summed E-state index contributed by atoms with van der Waals surface area (Å²) in [5, 5.41) is 6.82. The summed E-state index contributed by atoms with van der Waals surface area (Å²) in [6.45, 7) is 3.62. The fraction of sp³-hybridized carbons (Fsp3) is 0.158. The first-order chi connectivity index (χ1) is 12.8. The van der Waals surface area contributed by atoms with Gasteiger partial charge in [-0.05, 0) is 50.2 Å². The van der Waals surface area contributed by atoms with E-state index in [1.807, 2.05) is 6.92 Å². The molecule has 2 aromatic carbocycles. The molecule has 0 saturated heterocycles. The summed E-state index contributed by atoms with van der Waals surface area (Å²) >= 11 is 0. The Morgan fingerprint density at radius 3 is 2.44 bits per heavy atom. The van der Waals surface area contributed by atoms with E-state index >= 15 is 0 Å². The van der Waals surface area contributed by atoms with Crippen molar-refractivity contribution in [1.29, 1.82) is 0 Å². The number of nitrogens with one attached hydrogen (secondary N) is 2. The molecule has 7 nitrogen and oxygen atoms in total. The molecule has 0 aliphatic carbocycles. The van der Waals surface area contributed by atoms with E-state index in [9.17, 15) is 13.2 Å². The van der Waals surface area contributed by atoms with E-state index in [1.165, 1.54) is 0 Å². The highest BCUT2D eigenvalue weighted by Gasteiger charge is 2.17. The molecule has 1 heterocycles. The van der Waals surface area contributed by atoms with Crippen molar-refractivity contribution in [2.24, 2.45) is 0 Å². The van der Waals surface area contributed by atoms with Gasteiger partial charge in [0.2, 0.25) is 5.91 Å². The van der Waals surface area contributed by atoms with Crippen LogP contribution < -0.4 is 10.0 Å². The van der Waals surface area contributed by atoms with Crippen LogP contribution in [0.1, 0.15) is 18.5 Å². The van der Waals surface area contributed by atoms with Crippen LogP contribution in [-0.2, 0) is 14.8 Å². The van der Waals surface area contributed by atoms with Gasteiger partial charge in [0, 0.05) is 18.1 Å². The number of hydrogen-bond donors (Lipinski definition) is 2. The molecule has 0 aliphatic heterocycles. The molecule has 1 atom stereocenters. The first-order valence-electron chi connectivity index (χ1n) is 8.35. The lowest BCUT2D eigenvalue weighted by Crippen LogP contribution is -2.24. The number of anilines is 2. The molecule has 0 unspecified atom stereocenters. The summed E-state index contributed by atoms with van der Waals surface area (Å²) in [7, 11) is -3.70. The molecule has 1 aromatic heterocycles. The first-order valence-corrected chi connectivity index (χ1v) is 9.83. The summed E-state index contributed by atoms with van der Waals surface area (Å²) in [5.74, 6) is -0.253. The minimum atomic E-state index is -3.70. The number of carbonyl (C=O) groups excluding carboxylic acids is 1. The number of aryl methyl sites for hydroxylation is 1. The van der Waals surface area contributed by atoms with E-state index in [-0.39, 0.29) is 10.8 Å². The highest BCUT2D eigenvalue weighted by atomic mass is 32.2. The van der Waals surface area contributed by atoms with Crippen molar-refractivity contribution in [1.82, 2.24) is 9.78 Å². The number of amides is 1. The Morgan fingerprint density at radius 2 is 1.78 bits per heavy atom. The smallest absolute Gasteiger partial charge is 0.261 e. The van der Waals surface area contributed by atoms with Crippen molar-refractivity contribution in [2.45, 2.75) is 24.8 Å². The maximum atomic E-state index is 12.5. The minimum absolute atomic E-state index is 0.176. The van der Waals surface area contributed by atoms with Gasteiger partial charge in [0.25, 0.3) is 10.0 Å². The second kappa shape index (κ2) is 7.63. The van der Waals surface area contributed by atoms with Gasteiger partial charge in [-0.25, -0.2) is 8.42 Å². The van der Waals surface area contributed by atoms with Crippen molar-refractivity contribution in [3.63, 3.8) is 0 Å². The first kappa shape index (κ1) is 18.7. The van der Waals surface area contributed by atoms with E-state index in [1.54, 1.807) is 78.6 Å². The monoisotopic (exact) mass is 384 g/mol. The van der Waals surface area contributed by atoms with Crippen LogP contribution in [0.3, 0.4) is 0 Å². The summed E-state index contributed by atoms with van der Waals surface area (Å²) in [6, 6.07) is 14.4. The molecule has 3 rings (SSSR count). The number of rotatable bonds is 6. The standard InChI is InChI=1S/C19H20N4O3S/c1-14-7-9-18(10-8-14)27(25,26)22-17-6-3-5-16(13-17)21-19(24)15(2)23-12-4-11-20-23/h3-13,15,22H,1-2H3,(H,21,24)/t15-/m0/s1. The van der Waals surface area contributed by atoms with Crippen molar-refractivity contribution >= 4 is 27.3 Å². The maximum absolute atomic E-state index is 12.5. The molecule has 2 N–H and O–H groups in total. The molecule has 0 aliphatic rings. The molecule has 27 heavy (non-hydrogen) atoms. The Hall–Kier alpha value is -3.13. The summed E-state index contributed by atoms with van der Waals surface area (Å²) in [4.78, 5) is 12.5. The van der Waals surface area contributed by atoms with Crippen LogP contribution in [0.25, 0.3) is 0 Å². The highest BCUT2D eigenvalue weighted by molar-refractivity contribution is 7.92. The molecule has 0 saturated carbocycles. The van der Waals surface area contributed by atoms with E-state index in [0.29, 0.717) is 11.4 Å². The largest absolute Gasteiger partial charge is 0.324 e. The Labute approximate surface area is 158 Å². The van der Waals surface area contributed by atoms with Gasteiger partial charge in [-0.2, -0.15) is 5.10 Å². The van der Waals surface area contributed by atoms with Crippen LogP contribution in [0.15, 0.2) is 71.9 Å². The predicted molar refractivity (Wildman–Crippen MR) is 104 cm³/mol. The molecule has 3 aromatic rings. The number of sulfonamides is 1. The van der Waals surface area contributed by atoms with Crippen molar-refractivity contribution in [2.75, 3.05) is 10.0 Å². The van der Waals surface area contributed by atoms with Gasteiger partial charge in [-0.15, -0.1) is 0 Å². The average Bonchev–Trinajstić information content (AvgIpc) is 3.16. The second-order valence-electron chi connectivity index (χ2n) is 6.15. The fourth-order valence-electron chi connectivity index (χ4n) is 2.47. The molecule has 1 amide bonds. The zero-order chi connectivity index (χ0) is 19.4. The Bertz CT molecular complexity index is 1030. The van der Waals surface area contributed by atoms with Crippen molar-refractivity contribution in [3.05, 3.63) is 72.6 Å². The number of benzene rings is 2. The fourth-order valence-corrected chi connectivity index (χ4v) is 3.52. The number of nitrogens with zero attached hydrogens (tertiary/aromatic N) is 2. The zero-order valence-electron chi connectivity index (χ0n) is 15.0. The van der Waals surface area contributed by atoms with Gasteiger partial charge in [0.15, 0.2) is 0 Å². The third-order valence-electron chi connectivity index (χ3n) is 4.01. The molecular weight excluding hydrogens is 364 g/mol. The highest BCUT2D eigenvalue weighted by Crippen LogP contribution is 2.20. The lowest BCUT2D eigenvalue weighted by atomic mass is 10.2. The lowest BCUT2D eigenvalue weighted by molar-refractivity contribution is -0.119.